The molecule has 0 spiro atoms. The van der Waals surface area contributed by atoms with Crippen molar-refractivity contribution >= 4 is 33.4 Å². The highest BCUT2D eigenvalue weighted by Crippen LogP contribution is 2.16. The van der Waals surface area contributed by atoms with Crippen molar-refractivity contribution in [3.63, 3.8) is 0 Å². The zero-order valence-electron chi connectivity index (χ0n) is 10.5. The molecule has 0 aliphatic carbocycles. The van der Waals surface area contributed by atoms with Crippen molar-refractivity contribution in [1.29, 1.82) is 0 Å². The summed E-state index contributed by atoms with van der Waals surface area (Å²) in [6.07, 6.45) is 1.15. The molecule has 0 amide bonds. The number of hydrogen-bond donors (Lipinski definition) is 2. The van der Waals surface area contributed by atoms with Crippen molar-refractivity contribution in [1.82, 2.24) is 9.97 Å². The molecular formula is C12H10ClN3O4S. The highest BCUT2D eigenvalue weighted by atomic mass is 35.5. The number of aromatic nitrogens is 2. The van der Waals surface area contributed by atoms with Crippen LogP contribution < -0.4 is 4.72 Å². The molecular weight excluding hydrogens is 318 g/mol. The third-order valence-electron chi connectivity index (χ3n) is 2.45. The van der Waals surface area contributed by atoms with Crippen LogP contribution >= 0.6 is 11.6 Å². The summed E-state index contributed by atoms with van der Waals surface area (Å²) in [5.41, 5.74) is 0.506. The lowest BCUT2D eigenvalue weighted by atomic mass is 10.2. The first-order valence-corrected chi connectivity index (χ1v) is 7.55. The van der Waals surface area contributed by atoms with Gasteiger partial charge in [0, 0.05) is 6.20 Å². The SMILES string of the molecule is O=C(O)Cc1ccc(S(=O)(=O)Nc2ccnc(Cl)n2)cc1. The lowest BCUT2D eigenvalue weighted by molar-refractivity contribution is -0.136. The van der Waals surface area contributed by atoms with Crippen LogP contribution in [0.2, 0.25) is 5.28 Å². The number of nitrogens with zero attached hydrogens (tertiary/aromatic N) is 2. The summed E-state index contributed by atoms with van der Waals surface area (Å²) in [4.78, 5) is 17.9. The van der Waals surface area contributed by atoms with E-state index in [2.05, 4.69) is 14.7 Å². The van der Waals surface area contributed by atoms with E-state index in [0.717, 1.165) is 0 Å². The smallest absolute Gasteiger partial charge is 0.307 e. The summed E-state index contributed by atoms with van der Waals surface area (Å²) in [6.45, 7) is 0. The van der Waals surface area contributed by atoms with E-state index in [1.54, 1.807) is 0 Å². The normalized spacial score (nSPS) is 11.1. The Kier molecular flexibility index (Phi) is 4.39. The topological polar surface area (TPSA) is 109 Å². The third-order valence-corrected chi connectivity index (χ3v) is 4.01. The Labute approximate surface area is 125 Å². The number of carboxylic acids is 1. The minimum atomic E-state index is -3.82. The molecule has 1 aromatic carbocycles. The second kappa shape index (κ2) is 6.06. The van der Waals surface area contributed by atoms with Crippen molar-refractivity contribution < 1.29 is 18.3 Å². The zero-order chi connectivity index (χ0) is 15.5. The quantitative estimate of drug-likeness (QED) is 0.806. The van der Waals surface area contributed by atoms with Gasteiger partial charge in [-0.25, -0.2) is 13.4 Å². The number of carbonyl (C=O) groups is 1. The summed E-state index contributed by atoms with van der Waals surface area (Å²) in [5.74, 6) is -0.941. The Morgan fingerprint density at radius 2 is 1.90 bits per heavy atom. The van der Waals surface area contributed by atoms with Crippen LogP contribution in [0, 0.1) is 0 Å². The van der Waals surface area contributed by atoms with Crippen LogP contribution in [-0.4, -0.2) is 29.5 Å². The number of rotatable bonds is 5. The van der Waals surface area contributed by atoms with E-state index in [-0.39, 0.29) is 22.4 Å². The Balaban J connectivity index is 2.21. The van der Waals surface area contributed by atoms with Gasteiger partial charge in [0.1, 0.15) is 5.82 Å². The molecule has 2 N–H and O–H groups in total. The van der Waals surface area contributed by atoms with Crippen LogP contribution in [0.25, 0.3) is 0 Å². The molecule has 0 saturated carbocycles. The first-order chi connectivity index (χ1) is 9.87. The van der Waals surface area contributed by atoms with Crippen molar-refractivity contribution in [2.75, 3.05) is 4.72 Å². The van der Waals surface area contributed by atoms with E-state index in [4.69, 9.17) is 16.7 Å². The average Bonchev–Trinajstić information content (AvgIpc) is 2.38. The van der Waals surface area contributed by atoms with Gasteiger partial charge in [-0.1, -0.05) is 12.1 Å². The number of carboxylic acid groups (broad SMARTS) is 1. The fourth-order valence-corrected chi connectivity index (χ4v) is 2.70. The van der Waals surface area contributed by atoms with E-state index in [1.807, 2.05) is 0 Å². The van der Waals surface area contributed by atoms with Crippen molar-refractivity contribution in [2.24, 2.45) is 0 Å². The number of sulfonamides is 1. The summed E-state index contributed by atoms with van der Waals surface area (Å²) < 4.78 is 26.5. The molecule has 0 fully saturated rings. The average molecular weight is 328 g/mol. The highest BCUT2D eigenvalue weighted by Gasteiger charge is 2.15. The van der Waals surface area contributed by atoms with Crippen molar-refractivity contribution in [2.45, 2.75) is 11.3 Å². The van der Waals surface area contributed by atoms with E-state index in [1.165, 1.54) is 36.5 Å². The van der Waals surface area contributed by atoms with Gasteiger partial charge < -0.3 is 5.11 Å². The maximum absolute atomic E-state index is 12.1. The summed E-state index contributed by atoms with van der Waals surface area (Å²) >= 11 is 5.58. The fourth-order valence-electron chi connectivity index (χ4n) is 1.55. The van der Waals surface area contributed by atoms with Crippen LogP contribution in [-0.2, 0) is 21.2 Å². The highest BCUT2D eigenvalue weighted by molar-refractivity contribution is 7.92. The molecule has 0 aliphatic heterocycles. The van der Waals surface area contributed by atoms with E-state index >= 15 is 0 Å². The van der Waals surface area contributed by atoms with Crippen LogP contribution in [0.5, 0.6) is 0 Å². The first kappa shape index (κ1) is 15.2. The van der Waals surface area contributed by atoms with Gasteiger partial charge in [-0.15, -0.1) is 0 Å². The van der Waals surface area contributed by atoms with Gasteiger partial charge >= 0.3 is 5.97 Å². The minimum absolute atomic E-state index is 0.00799. The molecule has 1 aromatic heterocycles. The van der Waals surface area contributed by atoms with Crippen molar-refractivity contribution in [3.8, 4) is 0 Å². The van der Waals surface area contributed by atoms with Crippen LogP contribution in [0.1, 0.15) is 5.56 Å². The maximum atomic E-state index is 12.1. The monoisotopic (exact) mass is 327 g/mol. The Morgan fingerprint density at radius 1 is 1.24 bits per heavy atom. The van der Waals surface area contributed by atoms with Crippen molar-refractivity contribution in [3.05, 3.63) is 47.4 Å². The number of nitrogens with one attached hydrogen (secondary N) is 1. The molecule has 2 aromatic rings. The minimum Gasteiger partial charge on any atom is -0.481 e. The Hall–Kier alpha value is -2.19. The van der Waals surface area contributed by atoms with Gasteiger partial charge in [0.15, 0.2) is 0 Å². The number of halogens is 1. The second-order valence-corrected chi connectivity index (χ2v) is 6.05. The number of aliphatic carboxylic acids is 1. The predicted octanol–water partition coefficient (Wildman–Crippen LogP) is 1.56. The predicted molar refractivity (Wildman–Crippen MR) is 75.6 cm³/mol. The molecule has 1 heterocycles. The van der Waals surface area contributed by atoms with E-state index < -0.39 is 16.0 Å². The largest absolute Gasteiger partial charge is 0.481 e. The number of benzene rings is 1. The Bertz CT molecular complexity index is 762. The molecule has 2 rings (SSSR count). The third kappa shape index (κ3) is 4.14. The lowest BCUT2D eigenvalue weighted by Crippen LogP contribution is -2.14. The maximum Gasteiger partial charge on any atom is 0.307 e. The standard InChI is InChI=1S/C12H10ClN3O4S/c13-12-14-6-5-10(15-12)16-21(19,20)9-3-1-8(2-4-9)7-11(17)18/h1-6H,7H2,(H,17,18)(H,14,15,16). The zero-order valence-corrected chi connectivity index (χ0v) is 12.1. The first-order valence-electron chi connectivity index (χ1n) is 5.69. The van der Waals surface area contributed by atoms with Gasteiger partial charge in [0.05, 0.1) is 11.3 Å². The summed E-state index contributed by atoms with van der Waals surface area (Å²) in [6, 6.07) is 6.89. The fraction of sp³-hybridized carbons (Fsp3) is 0.0833. The second-order valence-electron chi connectivity index (χ2n) is 4.03. The van der Waals surface area contributed by atoms with Crippen LogP contribution in [0.15, 0.2) is 41.4 Å². The molecule has 0 radical (unpaired) electrons. The van der Waals surface area contributed by atoms with Gasteiger partial charge in [0.2, 0.25) is 5.28 Å². The molecule has 0 saturated heterocycles. The van der Waals surface area contributed by atoms with Gasteiger partial charge in [-0.05, 0) is 35.4 Å². The van der Waals surface area contributed by atoms with Crippen LogP contribution in [0.4, 0.5) is 5.82 Å². The molecule has 21 heavy (non-hydrogen) atoms. The molecule has 9 heteroatoms. The molecule has 0 bridgehead atoms. The molecule has 0 atom stereocenters. The summed E-state index contributed by atoms with van der Waals surface area (Å²) in [7, 11) is -3.82. The van der Waals surface area contributed by atoms with Gasteiger partial charge in [-0.3, -0.25) is 9.52 Å². The molecule has 0 aliphatic rings. The van der Waals surface area contributed by atoms with E-state index in [0.29, 0.717) is 5.56 Å². The van der Waals surface area contributed by atoms with Gasteiger partial charge in [-0.2, -0.15) is 4.98 Å². The van der Waals surface area contributed by atoms with E-state index in [9.17, 15) is 13.2 Å². The number of anilines is 1. The van der Waals surface area contributed by atoms with Crippen LogP contribution in [0.3, 0.4) is 0 Å². The van der Waals surface area contributed by atoms with Gasteiger partial charge in [0.25, 0.3) is 10.0 Å². The number of hydrogen-bond acceptors (Lipinski definition) is 5. The lowest BCUT2D eigenvalue weighted by Gasteiger charge is -2.07. The molecule has 7 nitrogen and oxygen atoms in total. The molecule has 110 valence electrons. The Morgan fingerprint density at radius 3 is 2.48 bits per heavy atom. The summed E-state index contributed by atoms with van der Waals surface area (Å²) in [5, 5.41) is 8.58. The molecule has 0 unspecified atom stereocenters.